The average Bonchev–Trinajstić information content (AvgIpc) is 2.56. The van der Waals surface area contributed by atoms with Gasteiger partial charge in [0, 0.05) is 37.8 Å². The molecule has 1 saturated heterocycles. The number of hydrogen-bond donors (Lipinski definition) is 0. The van der Waals surface area contributed by atoms with Crippen molar-refractivity contribution in [2.24, 2.45) is 0 Å². The number of ether oxygens (including phenoxy) is 2. The molecule has 124 valence electrons. The minimum absolute atomic E-state index is 0.623. The Kier molecular flexibility index (Phi) is 4.86. The van der Waals surface area contributed by atoms with Crippen LogP contribution in [0.4, 0.5) is 5.82 Å². The SMILES string of the molecule is CCOc1cc2cnc(N3CCN(C)CC3)cc2cc1OCC. The molecule has 2 heterocycles. The van der Waals surface area contributed by atoms with Gasteiger partial charge in [0.05, 0.1) is 13.2 Å². The Balaban J connectivity index is 1.93. The summed E-state index contributed by atoms with van der Waals surface area (Å²) in [5.74, 6) is 2.63. The molecule has 5 heteroatoms. The minimum Gasteiger partial charge on any atom is -0.490 e. The molecule has 1 fully saturated rings. The molecule has 2 aromatic rings. The highest BCUT2D eigenvalue weighted by Crippen LogP contribution is 2.33. The Morgan fingerprint density at radius 1 is 0.913 bits per heavy atom. The normalized spacial score (nSPS) is 15.9. The number of fused-ring (bicyclic) bond motifs is 1. The van der Waals surface area contributed by atoms with E-state index in [1.54, 1.807) is 0 Å². The summed E-state index contributed by atoms with van der Waals surface area (Å²) in [6, 6.07) is 6.23. The summed E-state index contributed by atoms with van der Waals surface area (Å²) in [6.45, 7) is 9.41. The lowest BCUT2D eigenvalue weighted by Crippen LogP contribution is -2.44. The second-order valence-corrected chi connectivity index (χ2v) is 5.84. The molecule has 0 unspecified atom stereocenters. The van der Waals surface area contributed by atoms with Crippen molar-refractivity contribution in [2.45, 2.75) is 13.8 Å². The van der Waals surface area contributed by atoms with Crippen LogP contribution in [0.2, 0.25) is 0 Å². The Morgan fingerprint density at radius 2 is 1.52 bits per heavy atom. The third kappa shape index (κ3) is 3.50. The molecule has 3 rings (SSSR count). The number of pyridine rings is 1. The molecule has 0 N–H and O–H groups in total. The summed E-state index contributed by atoms with van der Waals surface area (Å²) in [6.07, 6.45) is 1.93. The summed E-state index contributed by atoms with van der Waals surface area (Å²) >= 11 is 0. The second-order valence-electron chi connectivity index (χ2n) is 5.84. The lowest BCUT2D eigenvalue weighted by molar-refractivity contribution is 0.288. The third-order valence-electron chi connectivity index (χ3n) is 4.20. The van der Waals surface area contributed by atoms with Crippen LogP contribution < -0.4 is 14.4 Å². The van der Waals surface area contributed by atoms with Crippen LogP contribution in [0.25, 0.3) is 10.8 Å². The Labute approximate surface area is 137 Å². The van der Waals surface area contributed by atoms with Crippen molar-refractivity contribution >= 4 is 16.6 Å². The van der Waals surface area contributed by atoms with Crippen molar-refractivity contribution in [1.82, 2.24) is 9.88 Å². The number of aromatic nitrogens is 1. The van der Waals surface area contributed by atoms with E-state index in [2.05, 4.69) is 34.0 Å². The van der Waals surface area contributed by atoms with Gasteiger partial charge in [-0.15, -0.1) is 0 Å². The van der Waals surface area contributed by atoms with Gasteiger partial charge in [0.1, 0.15) is 5.82 Å². The van der Waals surface area contributed by atoms with Crippen LogP contribution in [0.5, 0.6) is 11.5 Å². The van der Waals surface area contributed by atoms with Crippen molar-refractivity contribution in [1.29, 1.82) is 0 Å². The van der Waals surface area contributed by atoms with Gasteiger partial charge < -0.3 is 19.3 Å². The zero-order valence-corrected chi connectivity index (χ0v) is 14.2. The fourth-order valence-corrected chi connectivity index (χ4v) is 2.89. The largest absolute Gasteiger partial charge is 0.490 e. The van der Waals surface area contributed by atoms with Gasteiger partial charge in [0.2, 0.25) is 0 Å². The van der Waals surface area contributed by atoms with Crippen molar-refractivity contribution in [3.8, 4) is 11.5 Å². The highest BCUT2D eigenvalue weighted by Gasteiger charge is 2.16. The number of likely N-dealkylation sites (N-methyl/N-ethyl adjacent to an activating group) is 1. The quantitative estimate of drug-likeness (QED) is 0.848. The number of anilines is 1. The van der Waals surface area contributed by atoms with E-state index >= 15 is 0 Å². The van der Waals surface area contributed by atoms with E-state index < -0.39 is 0 Å². The fourth-order valence-electron chi connectivity index (χ4n) is 2.89. The van der Waals surface area contributed by atoms with Crippen LogP contribution in [0.1, 0.15) is 13.8 Å². The highest BCUT2D eigenvalue weighted by atomic mass is 16.5. The van der Waals surface area contributed by atoms with E-state index in [-0.39, 0.29) is 0 Å². The molecule has 1 aromatic heterocycles. The minimum atomic E-state index is 0.623. The van der Waals surface area contributed by atoms with E-state index in [4.69, 9.17) is 9.47 Å². The molecular formula is C18H25N3O2. The average molecular weight is 315 g/mol. The molecule has 0 radical (unpaired) electrons. The number of rotatable bonds is 5. The Bertz CT molecular complexity index is 667. The molecule has 1 aliphatic rings. The maximum atomic E-state index is 5.73. The smallest absolute Gasteiger partial charge is 0.161 e. The van der Waals surface area contributed by atoms with Crippen LogP contribution in [-0.2, 0) is 0 Å². The zero-order valence-electron chi connectivity index (χ0n) is 14.2. The van der Waals surface area contributed by atoms with Crippen LogP contribution in [0.15, 0.2) is 24.4 Å². The van der Waals surface area contributed by atoms with Gasteiger partial charge in [0.25, 0.3) is 0 Å². The monoisotopic (exact) mass is 315 g/mol. The van der Waals surface area contributed by atoms with E-state index in [1.807, 2.05) is 26.1 Å². The van der Waals surface area contributed by atoms with Gasteiger partial charge in [-0.05, 0) is 44.5 Å². The molecule has 1 aromatic carbocycles. The van der Waals surface area contributed by atoms with E-state index in [0.717, 1.165) is 54.3 Å². The van der Waals surface area contributed by atoms with Gasteiger partial charge in [-0.1, -0.05) is 0 Å². The number of hydrogen-bond acceptors (Lipinski definition) is 5. The number of benzene rings is 1. The van der Waals surface area contributed by atoms with Crippen LogP contribution >= 0.6 is 0 Å². The molecule has 0 bridgehead atoms. The molecule has 23 heavy (non-hydrogen) atoms. The van der Waals surface area contributed by atoms with Crippen molar-refractivity contribution in [3.05, 3.63) is 24.4 Å². The van der Waals surface area contributed by atoms with Crippen molar-refractivity contribution in [3.63, 3.8) is 0 Å². The first-order valence-corrected chi connectivity index (χ1v) is 8.34. The summed E-state index contributed by atoms with van der Waals surface area (Å²) in [5.41, 5.74) is 0. The first-order chi connectivity index (χ1) is 11.2. The molecule has 0 saturated carbocycles. The van der Waals surface area contributed by atoms with Crippen molar-refractivity contribution in [2.75, 3.05) is 51.3 Å². The van der Waals surface area contributed by atoms with Gasteiger partial charge in [-0.25, -0.2) is 4.98 Å². The van der Waals surface area contributed by atoms with Gasteiger partial charge in [0.15, 0.2) is 11.5 Å². The molecular weight excluding hydrogens is 290 g/mol. The summed E-state index contributed by atoms with van der Waals surface area (Å²) in [7, 11) is 2.16. The summed E-state index contributed by atoms with van der Waals surface area (Å²) < 4.78 is 11.4. The summed E-state index contributed by atoms with van der Waals surface area (Å²) in [4.78, 5) is 9.33. The standard InChI is InChI=1S/C18H25N3O2/c1-4-22-16-10-14-12-18(21-8-6-20(3)7-9-21)19-13-15(14)11-17(16)23-5-2/h10-13H,4-9H2,1-3H3. The fraction of sp³-hybridized carbons (Fsp3) is 0.500. The molecule has 0 spiro atoms. The number of nitrogens with zero attached hydrogens (tertiary/aromatic N) is 3. The predicted molar refractivity (Wildman–Crippen MR) is 93.8 cm³/mol. The Morgan fingerprint density at radius 3 is 2.13 bits per heavy atom. The van der Waals surface area contributed by atoms with Gasteiger partial charge in [-0.2, -0.15) is 0 Å². The van der Waals surface area contributed by atoms with Gasteiger partial charge in [-0.3, -0.25) is 0 Å². The van der Waals surface area contributed by atoms with Crippen molar-refractivity contribution < 1.29 is 9.47 Å². The molecule has 0 amide bonds. The number of piperazine rings is 1. The zero-order chi connectivity index (χ0) is 16.2. The summed E-state index contributed by atoms with van der Waals surface area (Å²) in [5, 5.41) is 2.22. The second kappa shape index (κ2) is 7.04. The van der Waals surface area contributed by atoms with Crippen LogP contribution in [0.3, 0.4) is 0 Å². The third-order valence-corrected chi connectivity index (χ3v) is 4.20. The molecule has 0 aliphatic carbocycles. The molecule has 0 atom stereocenters. The maximum absolute atomic E-state index is 5.73. The lowest BCUT2D eigenvalue weighted by atomic mass is 10.1. The molecule has 1 aliphatic heterocycles. The first-order valence-electron chi connectivity index (χ1n) is 8.34. The van der Waals surface area contributed by atoms with Gasteiger partial charge >= 0.3 is 0 Å². The predicted octanol–water partition coefficient (Wildman–Crippen LogP) is 2.78. The maximum Gasteiger partial charge on any atom is 0.161 e. The topological polar surface area (TPSA) is 37.8 Å². The Hall–Kier alpha value is -2.01. The van der Waals surface area contributed by atoms with E-state index in [9.17, 15) is 0 Å². The van der Waals surface area contributed by atoms with E-state index in [0.29, 0.717) is 13.2 Å². The first kappa shape index (κ1) is 15.9. The van der Waals surface area contributed by atoms with Crippen LogP contribution in [0, 0.1) is 0 Å². The van der Waals surface area contributed by atoms with Crippen LogP contribution in [-0.4, -0.2) is 56.3 Å². The highest BCUT2D eigenvalue weighted by molar-refractivity contribution is 5.87. The lowest BCUT2D eigenvalue weighted by Gasteiger charge is -2.33. The molecule has 5 nitrogen and oxygen atoms in total. The van der Waals surface area contributed by atoms with E-state index in [1.165, 1.54) is 0 Å².